The highest BCUT2D eigenvalue weighted by molar-refractivity contribution is 9.08. The Hall–Kier alpha value is -0.610. The molecule has 0 aliphatic carbocycles. The quantitative estimate of drug-likeness (QED) is 0.768. The molecule has 0 amide bonds. The molecule has 0 radical (unpaired) electrons. The van der Waals surface area contributed by atoms with Crippen LogP contribution in [0.25, 0.3) is 0 Å². The van der Waals surface area contributed by atoms with Crippen LogP contribution in [-0.2, 0) is 5.33 Å². The minimum Gasteiger partial charge on any atom is -0.366 e. The third-order valence-corrected chi connectivity index (χ3v) is 5.04. The fourth-order valence-electron chi connectivity index (χ4n) is 3.47. The number of piperazine rings is 1. The lowest BCUT2D eigenvalue weighted by atomic mass is 10.0. The molecule has 104 valence electrons. The zero-order valence-corrected chi connectivity index (χ0v) is 12.9. The van der Waals surface area contributed by atoms with Crippen LogP contribution in [0, 0.1) is 5.82 Å². The standard InChI is InChI=1S/C15H20BrFN2/c1-11-9-18-7-3-4-12(18)10-19(11)15-6-2-5-14(17)13(15)8-16/h2,5-6,11-12H,3-4,7-10H2,1H3. The number of hydrogen-bond acceptors (Lipinski definition) is 2. The first-order valence-corrected chi connectivity index (χ1v) is 8.17. The Labute approximate surface area is 122 Å². The van der Waals surface area contributed by atoms with Gasteiger partial charge in [-0.2, -0.15) is 0 Å². The van der Waals surface area contributed by atoms with E-state index < -0.39 is 0 Å². The summed E-state index contributed by atoms with van der Waals surface area (Å²) in [6.45, 7) is 5.61. The first kappa shape index (κ1) is 13.4. The predicted octanol–water partition coefficient (Wildman–Crippen LogP) is 3.39. The van der Waals surface area contributed by atoms with E-state index in [-0.39, 0.29) is 5.82 Å². The minimum absolute atomic E-state index is 0.101. The number of benzene rings is 1. The Balaban J connectivity index is 1.91. The Morgan fingerprint density at radius 1 is 1.37 bits per heavy atom. The molecule has 2 saturated heterocycles. The summed E-state index contributed by atoms with van der Waals surface area (Å²) in [6, 6.07) is 6.54. The molecule has 1 aromatic rings. The summed E-state index contributed by atoms with van der Waals surface area (Å²) in [5.41, 5.74) is 1.86. The average Bonchev–Trinajstić information content (AvgIpc) is 2.84. The number of fused-ring (bicyclic) bond motifs is 1. The second-order valence-corrected chi connectivity index (χ2v) is 6.22. The van der Waals surface area contributed by atoms with Gasteiger partial charge in [0.25, 0.3) is 0 Å². The van der Waals surface area contributed by atoms with E-state index in [0.29, 0.717) is 17.4 Å². The summed E-state index contributed by atoms with van der Waals surface area (Å²) in [5, 5.41) is 0.576. The lowest BCUT2D eigenvalue weighted by Crippen LogP contribution is -2.55. The van der Waals surface area contributed by atoms with Crippen molar-refractivity contribution in [3.63, 3.8) is 0 Å². The van der Waals surface area contributed by atoms with Gasteiger partial charge in [-0.3, -0.25) is 4.90 Å². The van der Waals surface area contributed by atoms with Gasteiger partial charge in [0.05, 0.1) is 0 Å². The molecule has 1 aromatic carbocycles. The van der Waals surface area contributed by atoms with Crippen molar-refractivity contribution in [2.45, 2.75) is 37.2 Å². The fraction of sp³-hybridized carbons (Fsp3) is 0.600. The lowest BCUT2D eigenvalue weighted by Gasteiger charge is -2.44. The number of anilines is 1. The van der Waals surface area contributed by atoms with Gasteiger partial charge < -0.3 is 4.90 Å². The lowest BCUT2D eigenvalue weighted by molar-refractivity contribution is 0.202. The van der Waals surface area contributed by atoms with Crippen molar-refractivity contribution in [1.82, 2.24) is 4.90 Å². The summed E-state index contributed by atoms with van der Waals surface area (Å²) >= 11 is 3.43. The van der Waals surface area contributed by atoms with Crippen molar-refractivity contribution in [2.24, 2.45) is 0 Å². The van der Waals surface area contributed by atoms with Gasteiger partial charge in [-0.25, -0.2) is 4.39 Å². The van der Waals surface area contributed by atoms with E-state index in [1.165, 1.54) is 19.4 Å². The van der Waals surface area contributed by atoms with Gasteiger partial charge in [0.1, 0.15) is 5.82 Å². The molecular formula is C15H20BrFN2. The van der Waals surface area contributed by atoms with Gasteiger partial charge in [0.15, 0.2) is 0 Å². The highest BCUT2D eigenvalue weighted by Crippen LogP contribution is 2.32. The number of rotatable bonds is 2. The van der Waals surface area contributed by atoms with Crippen LogP contribution in [0.3, 0.4) is 0 Å². The van der Waals surface area contributed by atoms with Crippen LogP contribution < -0.4 is 4.90 Å². The monoisotopic (exact) mass is 326 g/mol. The van der Waals surface area contributed by atoms with Crippen LogP contribution in [0.1, 0.15) is 25.3 Å². The maximum absolute atomic E-state index is 13.9. The van der Waals surface area contributed by atoms with Gasteiger partial charge in [0.2, 0.25) is 0 Å². The number of halogens is 2. The second-order valence-electron chi connectivity index (χ2n) is 5.66. The van der Waals surface area contributed by atoms with Gasteiger partial charge in [-0.05, 0) is 38.4 Å². The number of alkyl halides is 1. The van der Waals surface area contributed by atoms with Crippen LogP contribution in [0.15, 0.2) is 18.2 Å². The van der Waals surface area contributed by atoms with Crippen molar-refractivity contribution in [3.05, 3.63) is 29.6 Å². The average molecular weight is 327 g/mol. The molecule has 2 aliphatic rings. The maximum atomic E-state index is 13.9. The van der Waals surface area contributed by atoms with Crippen molar-refractivity contribution in [2.75, 3.05) is 24.5 Å². The fourth-order valence-corrected chi connectivity index (χ4v) is 4.03. The van der Waals surface area contributed by atoms with Crippen LogP contribution in [-0.4, -0.2) is 36.6 Å². The van der Waals surface area contributed by atoms with Gasteiger partial charge in [-0.1, -0.05) is 22.0 Å². The second kappa shape index (κ2) is 5.41. The Morgan fingerprint density at radius 2 is 2.21 bits per heavy atom. The van der Waals surface area contributed by atoms with Crippen molar-refractivity contribution < 1.29 is 4.39 Å². The molecule has 2 atom stereocenters. The Bertz CT molecular complexity index is 465. The van der Waals surface area contributed by atoms with E-state index in [2.05, 4.69) is 38.7 Å². The van der Waals surface area contributed by atoms with E-state index in [1.54, 1.807) is 6.07 Å². The Kier molecular flexibility index (Phi) is 3.81. The molecule has 3 rings (SSSR count). The smallest absolute Gasteiger partial charge is 0.129 e. The summed E-state index contributed by atoms with van der Waals surface area (Å²) in [5.74, 6) is -0.101. The molecule has 19 heavy (non-hydrogen) atoms. The van der Waals surface area contributed by atoms with Crippen LogP contribution in [0.5, 0.6) is 0 Å². The molecule has 0 saturated carbocycles. The molecular weight excluding hydrogens is 307 g/mol. The van der Waals surface area contributed by atoms with Crippen molar-refractivity contribution >= 4 is 21.6 Å². The third-order valence-electron chi connectivity index (χ3n) is 4.47. The molecule has 0 bridgehead atoms. The van der Waals surface area contributed by atoms with E-state index in [4.69, 9.17) is 0 Å². The third kappa shape index (κ3) is 2.40. The van der Waals surface area contributed by atoms with E-state index in [1.807, 2.05) is 6.07 Å². The molecule has 2 nitrogen and oxygen atoms in total. The minimum atomic E-state index is -0.101. The Morgan fingerprint density at radius 3 is 3.00 bits per heavy atom. The zero-order chi connectivity index (χ0) is 13.4. The summed E-state index contributed by atoms with van der Waals surface area (Å²) in [6.07, 6.45) is 2.59. The molecule has 4 heteroatoms. The highest BCUT2D eigenvalue weighted by Gasteiger charge is 2.35. The maximum Gasteiger partial charge on any atom is 0.129 e. The van der Waals surface area contributed by atoms with Crippen LogP contribution >= 0.6 is 15.9 Å². The summed E-state index contributed by atoms with van der Waals surface area (Å²) in [4.78, 5) is 4.99. The molecule has 2 aliphatic heterocycles. The predicted molar refractivity (Wildman–Crippen MR) is 80.4 cm³/mol. The van der Waals surface area contributed by atoms with E-state index in [9.17, 15) is 4.39 Å². The van der Waals surface area contributed by atoms with E-state index in [0.717, 1.165) is 24.3 Å². The zero-order valence-electron chi connectivity index (χ0n) is 11.3. The summed E-state index contributed by atoms with van der Waals surface area (Å²) in [7, 11) is 0. The molecule has 2 heterocycles. The van der Waals surface area contributed by atoms with Crippen molar-refractivity contribution in [3.8, 4) is 0 Å². The van der Waals surface area contributed by atoms with Gasteiger partial charge in [0, 0.05) is 41.8 Å². The SMILES string of the molecule is CC1CN2CCCC2CN1c1cccc(F)c1CBr. The van der Waals surface area contributed by atoms with Crippen LogP contribution in [0.2, 0.25) is 0 Å². The number of nitrogens with zero attached hydrogens (tertiary/aromatic N) is 2. The normalized spacial score (nSPS) is 27.6. The highest BCUT2D eigenvalue weighted by atomic mass is 79.9. The van der Waals surface area contributed by atoms with Gasteiger partial charge >= 0.3 is 0 Å². The van der Waals surface area contributed by atoms with Crippen LogP contribution in [0.4, 0.5) is 10.1 Å². The summed E-state index contributed by atoms with van der Waals surface area (Å²) < 4.78 is 13.9. The van der Waals surface area contributed by atoms with Gasteiger partial charge in [-0.15, -0.1) is 0 Å². The number of hydrogen-bond donors (Lipinski definition) is 0. The molecule has 0 spiro atoms. The largest absolute Gasteiger partial charge is 0.366 e. The van der Waals surface area contributed by atoms with E-state index >= 15 is 0 Å². The molecule has 2 unspecified atom stereocenters. The van der Waals surface area contributed by atoms with Crippen molar-refractivity contribution in [1.29, 1.82) is 0 Å². The topological polar surface area (TPSA) is 6.48 Å². The molecule has 2 fully saturated rings. The molecule has 0 N–H and O–H groups in total. The molecule has 0 aromatic heterocycles. The first-order chi connectivity index (χ1) is 9.20. The first-order valence-electron chi connectivity index (χ1n) is 7.04.